The lowest BCUT2D eigenvalue weighted by molar-refractivity contribution is -0.138. The Labute approximate surface area is 244 Å². The van der Waals surface area contributed by atoms with Gasteiger partial charge in [0.25, 0.3) is 0 Å². The number of nitrogens with zero attached hydrogens (tertiary/aromatic N) is 3. The number of rotatable bonds is 12. The molecule has 2 aromatic rings. The highest BCUT2D eigenvalue weighted by Gasteiger charge is 2.37. The Morgan fingerprint density at radius 1 is 0.976 bits per heavy atom. The van der Waals surface area contributed by atoms with Crippen LogP contribution in [-0.4, -0.2) is 103 Å². The van der Waals surface area contributed by atoms with E-state index in [1.165, 1.54) is 7.11 Å². The molecule has 0 unspecified atom stereocenters. The zero-order valence-electron chi connectivity index (χ0n) is 24.6. The molecule has 2 heterocycles. The summed E-state index contributed by atoms with van der Waals surface area (Å²) < 4.78 is 17.1. The first kappa shape index (κ1) is 30.8. The van der Waals surface area contributed by atoms with Crippen LogP contribution in [0.1, 0.15) is 43.2 Å². The van der Waals surface area contributed by atoms with Crippen LogP contribution in [-0.2, 0) is 20.9 Å². The summed E-state index contributed by atoms with van der Waals surface area (Å²) in [6, 6.07) is 15.7. The summed E-state index contributed by atoms with van der Waals surface area (Å²) in [7, 11) is 1.50. The van der Waals surface area contributed by atoms with Crippen LogP contribution in [0.4, 0.5) is 0 Å². The second-order valence-corrected chi connectivity index (χ2v) is 11.3. The van der Waals surface area contributed by atoms with Crippen molar-refractivity contribution >= 4 is 11.8 Å². The number of ether oxygens (including phenoxy) is 3. The maximum absolute atomic E-state index is 12.7. The van der Waals surface area contributed by atoms with Gasteiger partial charge in [0, 0.05) is 52.8 Å². The zero-order chi connectivity index (χ0) is 29.1. The lowest BCUT2D eigenvalue weighted by Crippen LogP contribution is -2.52. The molecular formula is C32H45N3O6. The van der Waals surface area contributed by atoms with Crippen LogP contribution in [0.2, 0.25) is 0 Å². The van der Waals surface area contributed by atoms with E-state index in [9.17, 15) is 14.7 Å². The number of amides is 2. The number of aryl methyl sites for hydroxylation is 1. The van der Waals surface area contributed by atoms with E-state index in [1.807, 2.05) is 60.4 Å². The van der Waals surface area contributed by atoms with Crippen molar-refractivity contribution in [1.29, 1.82) is 0 Å². The van der Waals surface area contributed by atoms with Gasteiger partial charge in [-0.25, -0.2) is 0 Å². The topological polar surface area (TPSA) is 91.8 Å². The average Bonchev–Trinajstić information content (AvgIpc) is 3.26. The summed E-state index contributed by atoms with van der Waals surface area (Å²) in [4.78, 5) is 30.7. The minimum Gasteiger partial charge on any atom is -0.494 e. The van der Waals surface area contributed by atoms with Gasteiger partial charge < -0.3 is 29.1 Å². The number of benzene rings is 2. The molecule has 9 nitrogen and oxygen atoms in total. The van der Waals surface area contributed by atoms with Crippen LogP contribution < -0.4 is 9.47 Å². The molecule has 2 aliphatic heterocycles. The van der Waals surface area contributed by atoms with Gasteiger partial charge in [0.1, 0.15) is 30.3 Å². The highest BCUT2D eigenvalue weighted by atomic mass is 16.5. The Hall–Kier alpha value is -3.14. The zero-order valence-corrected chi connectivity index (χ0v) is 24.6. The molecule has 0 bridgehead atoms. The van der Waals surface area contributed by atoms with E-state index in [2.05, 4.69) is 4.90 Å². The van der Waals surface area contributed by atoms with E-state index in [0.29, 0.717) is 45.0 Å². The predicted molar refractivity (Wildman–Crippen MR) is 157 cm³/mol. The highest BCUT2D eigenvalue weighted by Crippen LogP contribution is 2.22. The highest BCUT2D eigenvalue weighted by molar-refractivity contribution is 5.77. The summed E-state index contributed by atoms with van der Waals surface area (Å²) in [6.07, 6.45) is 4.65. The molecule has 224 valence electrons. The van der Waals surface area contributed by atoms with Crippen LogP contribution in [0.15, 0.2) is 48.5 Å². The molecule has 9 heteroatoms. The summed E-state index contributed by atoms with van der Waals surface area (Å²) >= 11 is 0. The average molecular weight is 568 g/mol. The molecule has 0 saturated carbocycles. The van der Waals surface area contributed by atoms with Crippen molar-refractivity contribution in [3.05, 3.63) is 59.7 Å². The summed E-state index contributed by atoms with van der Waals surface area (Å²) in [5.41, 5.74) is 0.930. The first-order valence-corrected chi connectivity index (χ1v) is 14.7. The van der Waals surface area contributed by atoms with E-state index < -0.39 is 5.60 Å². The first-order chi connectivity index (χ1) is 19.8. The van der Waals surface area contributed by atoms with Gasteiger partial charge >= 0.3 is 0 Å². The standard InChI is InChI=1S/C32H45N3O6/c1-26-11-13-28(14-12-26)41-25-32(38)23-33(17-18-35(24-32)31(37)22-39-2)21-27-8-6-9-29(20-27)40-19-7-16-34-15-5-3-4-10-30(34)36/h6,8-9,11-14,20,38H,3-5,7,10,15-19,21-25H2,1-2H3/t32-/m1/s1. The Bertz CT molecular complexity index is 1130. The molecule has 0 radical (unpaired) electrons. The number of β-amino-alcohol motifs (C(OH)–C–C–N with tert-alkyl or cyclic N) is 1. The summed E-state index contributed by atoms with van der Waals surface area (Å²) in [5, 5.41) is 11.7. The van der Waals surface area contributed by atoms with Gasteiger partial charge in [-0.1, -0.05) is 36.2 Å². The minimum absolute atomic E-state index is 0.0276. The molecule has 4 rings (SSSR count). The van der Waals surface area contributed by atoms with Crippen molar-refractivity contribution in [2.24, 2.45) is 0 Å². The van der Waals surface area contributed by atoms with Crippen molar-refractivity contribution in [1.82, 2.24) is 14.7 Å². The fraction of sp³-hybridized carbons (Fsp3) is 0.562. The van der Waals surface area contributed by atoms with E-state index in [-0.39, 0.29) is 31.6 Å². The van der Waals surface area contributed by atoms with Crippen molar-refractivity contribution in [3.63, 3.8) is 0 Å². The molecular weight excluding hydrogens is 522 g/mol. The van der Waals surface area contributed by atoms with Gasteiger partial charge in [-0.15, -0.1) is 0 Å². The smallest absolute Gasteiger partial charge is 0.248 e. The number of likely N-dealkylation sites (tertiary alicyclic amines) is 1. The Kier molecular flexibility index (Phi) is 11.4. The Balaban J connectivity index is 1.35. The monoisotopic (exact) mass is 567 g/mol. The number of aliphatic hydroxyl groups is 1. The first-order valence-electron chi connectivity index (χ1n) is 14.7. The third-order valence-corrected chi connectivity index (χ3v) is 7.66. The van der Waals surface area contributed by atoms with Crippen LogP contribution in [0.3, 0.4) is 0 Å². The van der Waals surface area contributed by atoms with Gasteiger partial charge in [0.15, 0.2) is 0 Å². The van der Waals surface area contributed by atoms with Crippen molar-refractivity contribution in [2.75, 3.05) is 66.2 Å². The second-order valence-electron chi connectivity index (χ2n) is 11.3. The number of carbonyl (C=O) groups is 2. The molecule has 0 aliphatic carbocycles. The maximum atomic E-state index is 12.7. The van der Waals surface area contributed by atoms with E-state index >= 15 is 0 Å². The number of methoxy groups -OCH3 is 1. The van der Waals surface area contributed by atoms with Crippen molar-refractivity contribution < 1.29 is 28.9 Å². The van der Waals surface area contributed by atoms with Gasteiger partial charge in [-0.2, -0.15) is 0 Å². The van der Waals surface area contributed by atoms with Gasteiger partial charge in [0.2, 0.25) is 11.8 Å². The van der Waals surface area contributed by atoms with Crippen molar-refractivity contribution in [2.45, 2.75) is 51.2 Å². The van der Waals surface area contributed by atoms with Crippen LogP contribution >= 0.6 is 0 Å². The van der Waals surface area contributed by atoms with Gasteiger partial charge in [-0.05, 0) is 56.0 Å². The third kappa shape index (κ3) is 9.73. The Morgan fingerprint density at radius 3 is 2.61 bits per heavy atom. The van der Waals surface area contributed by atoms with Crippen LogP contribution in [0, 0.1) is 6.92 Å². The maximum Gasteiger partial charge on any atom is 0.248 e. The summed E-state index contributed by atoms with van der Waals surface area (Å²) in [6.45, 7) is 6.38. The van der Waals surface area contributed by atoms with Crippen LogP contribution in [0.25, 0.3) is 0 Å². The van der Waals surface area contributed by atoms with Gasteiger partial charge in [-0.3, -0.25) is 14.5 Å². The predicted octanol–water partition coefficient (Wildman–Crippen LogP) is 3.27. The summed E-state index contributed by atoms with van der Waals surface area (Å²) in [5.74, 6) is 1.57. The molecule has 0 spiro atoms. The lowest BCUT2D eigenvalue weighted by atomic mass is 10.0. The molecule has 1 N–H and O–H groups in total. The SMILES string of the molecule is COCC(=O)N1CCN(Cc2cccc(OCCCN3CCCCCC3=O)c2)C[C@](O)(COc2ccc(C)cc2)C1. The largest absolute Gasteiger partial charge is 0.494 e. The van der Waals surface area contributed by atoms with E-state index in [1.54, 1.807) is 4.90 Å². The molecule has 2 aromatic carbocycles. The molecule has 2 fully saturated rings. The quantitative estimate of drug-likeness (QED) is 0.394. The molecule has 41 heavy (non-hydrogen) atoms. The second kappa shape index (κ2) is 15.2. The van der Waals surface area contributed by atoms with Crippen LogP contribution in [0.5, 0.6) is 11.5 Å². The fourth-order valence-electron chi connectivity index (χ4n) is 5.46. The number of hydrogen-bond acceptors (Lipinski definition) is 7. The molecule has 2 amide bonds. The van der Waals surface area contributed by atoms with Crippen molar-refractivity contribution in [3.8, 4) is 11.5 Å². The Morgan fingerprint density at radius 2 is 1.80 bits per heavy atom. The fourth-order valence-corrected chi connectivity index (χ4v) is 5.46. The minimum atomic E-state index is -1.26. The normalized spacial score (nSPS) is 20.4. The molecule has 0 aromatic heterocycles. The molecule has 1 atom stereocenters. The number of carbonyl (C=O) groups excluding carboxylic acids is 2. The van der Waals surface area contributed by atoms with E-state index in [0.717, 1.165) is 55.6 Å². The van der Waals surface area contributed by atoms with Gasteiger partial charge in [0.05, 0.1) is 13.2 Å². The number of hydrogen-bond donors (Lipinski definition) is 1. The molecule has 2 aliphatic rings. The van der Waals surface area contributed by atoms with E-state index in [4.69, 9.17) is 14.2 Å². The molecule has 2 saturated heterocycles. The lowest BCUT2D eigenvalue weighted by Gasteiger charge is -2.33. The third-order valence-electron chi connectivity index (χ3n) is 7.66.